The molecular weight excluding hydrogens is 320 g/mol. The predicted molar refractivity (Wildman–Crippen MR) is 113 cm³/mol. The van der Waals surface area contributed by atoms with Gasteiger partial charge in [0, 0.05) is 14.3 Å². The molecule has 0 saturated carbocycles. The Bertz CT molecular complexity index is 720. The predicted octanol–water partition coefficient (Wildman–Crippen LogP) is 6.68. The number of para-hydroxylation sites is 1. The van der Waals surface area contributed by atoms with Crippen molar-refractivity contribution in [3.63, 3.8) is 0 Å². The number of ether oxygens (including phenoxy) is 1. The molecule has 0 amide bonds. The summed E-state index contributed by atoms with van der Waals surface area (Å²) in [5.74, 6) is 2.52. The Kier molecular flexibility index (Phi) is 6.66. The largest absolute Gasteiger partial charge is 0.461 e. The number of hydrogen-bond donors (Lipinski definition) is 0. The van der Waals surface area contributed by atoms with E-state index in [4.69, 9.17) is 4.74 Å². The molecule has 0 radical (unpaired) electrons. The zero-order valence-corrected chi connectivity index (χ0v) is 17.9. The van der Waals surface area contributed by atoms with Crippen molar-refractivity contribution in [3.8, 4) is 5.75 Å². The molecule has 1 nitrogen and oxygen atoms in total. The van der Waals surface area contributed by atoms with Crippen molar-refractivity contribution >= 4 is 8.80 Å². The maximum absolute atomic E-state index is 6.41. The summed E-state index contributed by atoms with van der Waals surface area (Å²) in [6.07, 6.45) is 6.34. The van der Waals surface area contributed by atoms with Crippen molar-refractivity contribution in [2.45, 2.75) is 53.3 Å². The van der Waals surface area contributed by atoms with Crippen LogP contribution in [-0.2, 0) is 0 Å². The van der Waals surface area contributed by atoms with Crippen LogP contribution >= 0.6 is 0 Å². The molecule has 1 aromatic rings. The highest BCUT2D eigenvalue weighted by molar-refractivity contribution is 6.59. The Morgan fingerprint density at radius 1 is 1.08 bits per heavy atom. The molecule has 0 fully saturated rings. The van der Waals surface area contributed by atoms with Crippen LogP contribution < -0.4 is 4.74 Å². The molecule has 0 bridgehead atoms. The Balaban J connectivity index is 2.48. The average Bonchev–Trinajstić information content (AvgIpc) is 2.78. The zero-order chi connectivity index (χ0) is 18.6. The first-order valence-electron chi connectivity index (χ1n) is 9.32. The lowest BCUT2D eigenvalue weighted by atomic mass is 9.94. The zero-order valence-electron chi connectivity index (χ0n) is 16.8. The van der Waals surface area contributed by atoms with Gasteiger partial charge in [-0.25, -0.2) is 0 Å². The normalized spacial score (nSPS) is 20.2. The summed E-state index contributed by atoms with van der Waals surface area (Å²) in [4.78, 5) is 0. The van der Waals surface area contributed by atoms with Gasteiger partial charge in [0.15, 0.2) is 0 Å². The molecule has 0 heterocycles. The van der Waals surface area contributed by atoms with Crippen molar-refractivity contribution in [2.75, 3.05) is 0 Å². The molecule has 0 spiro atoms. The van der Waals surface area contributed by atoms with Crippen LogP contribution in [0.4, 0.5) is 0 Å². The van der Waals surface area contributed by atoms with Crippen molar-refractivity contribution in [1.82, 2.24) is 0 Å². The molecule has 2 rings (SSSR count). The quantitative estimate of drug-likeness (QED) is 0.315. The van der Waals surface area contributed by atoms with Crippen LogP contribution in [-0.4, -0.2) is 8.80 Å². The van der Waals surface area contributed by atoms with Crippen LogP contribution in [0, 0.1) is 5.92 Å². The van der Waals surface area contributed by atoms with E-state index in [2.05, 4.69) is 65.9 Å². The van der Waals surface area contributed by atoms with Crippen molar-refractivity contribution in [3.05, 3.63) is 76.6 Å². The highest BCUT2D eigenvalue weighted by atomic mass is 28.3. The SMILES string of the molecule is CC=CC=C(Oc1ccccc1)C(C1=C(C)C(C)=C(C)C1C)[SiH](C)C. The molecule has 1 aliphatic carbocycles. The van der Waals surface area contributed by atoms with Gasteiger partial charge in [-0.05, 0) is 63.0 Å². The summed E-state index contributed by atoms with van der Waals surface area (Å²) >= 11 is 0. The second-order valence-electron chi connectivity index (χ2n) is 7.34. The van der Waals surface area contributed by atoms with Crippen LogP contribution in [0.15, 0.2) is 76.6 Å². The fraction of sp³-hybridized carbons (Fsp3) is 0.391. The second kappa shape index (κ2) is 8.53. The molecule has 2 atom stereocenters. The third-order valence-corrected chi connectivity index (χ3v) is 7.46. The molecule has 0 N–H and O–H groups in total. The topological polar surface area (TPSA) is 9.23 Å². The minimum atomic E-state index is -1.02. The Morgan fingerprint density at radius 3 is 2.20 bits per heavy atom. The summed E-state index contributed by atoms with van der Waals surface area (Å²) < 4.78 is 6.41. The van der Waals surface area contributed by atoms with Gasteiger partial charge in [-0.3, -0.25) is 0 Å². The highest BCUT2D eigenvalue weighted by Crippen LogP contribution is 2.46. The number of hydrogen-bond acceptors (Lipinski definition) is 1. The van der Waals surface area contributed by atoms with E-state index in [1.807, 2.05) is 30.3 Å². The summed E-state index contributed by atoms with van der Waals surface area (Å²) in [5, 5.41) is 0. The molecule has 0 aromatic heterocycles. The number of allylic oxidation sites excluding steroid dienone is 7. The van der Waals surface area contributed by atoms with E-state index in [-0.39, 0.29) is 0 Å². The molecule has 134 valence electrons. The van der Waals surface area contributed by atoms with Gasteiger partial charge in [0.05, 0.1) is 0 Å². The van der Waals surface area contributed by atoms with E-state index in [1.54, 1.807) is 5.57 Å². The molecule has 0 aliphatic heterocycles. The second-order valence-corrected chi connectivity index (χ2v) is 10.5. The van der Waals surface area contributed by atoms with E-state index in [0.29, 0.717) is 11.5 Å². The van der Waals surface area contributed by atoms with Gasteiger partial charge in [0.1, 0.15) is 11.5 Å². The summed E-state index contributed by atoms with van der Waals surface area (Å²) in [6.45, 7) is 16.1. The van der Waals surface area contributed by atoms with Gasteiger partial charge in [0.2, 0.25) is 0 Å². The molecular formula is C23H32OSi. The highest BCUT2D eigenvalue weighted by Gasteiger charge is 2.34. The van der Waals surface area contributed by atoms with Crippen LogP contribution in [0.3, 0.4) is 0 Å². The van der Waals surface area contributed by atoms with E-state index < -0.39 is 8.80 Å². The third-order valence-electron chi connectivity index (χ3n) is 5.44. The standard InChI is InChI=1S/C23H32OSi/c1-8-9-15-21(24-20-13-11-10-12-14-20)23(25(6)7)22-18(4)16(2)17(3)19(22)5/h8-15,18,23,25H,1-7H3. The molecule has 25 heavy (non-hydrogen) atoms. The van der Waals surface area contributed by atoms with Gasteiger partial charge in [-0.2, -0.15) is 0 Å². The van der Waals surface area contributed by atoms with Crippen molar-refractivity contribution < 1.29 is 4.74 Å². The lowest BCUT2D eigenvalue weighted by molar-refractivity contribution is 0.407. The number of benzene rings is 1. The maximum Gasteiger partial charge on any atom is 0.126 e. The molecule has 1 aromatic carbocycles. The smallest absolute Gasteiger partial charge is 0.126 e. The van der Waals surface area contributed by atoms with Crippen LogP contribution in [0.25, 0.3) is 0 Å². The van der Waals surface area contributed by atoms with Crippen molar-refractivity contribution in [2.24, 2.45) is 5.92 Å². The minimum Gasteiger partial charge on any atom is -0.461 e. The Hall–Kier alpha value is -1.80. The Morgan fingerprint density at radius 2 is 1.72 bits per heavy atom. The molecule has 2 unspecified atom stereocenters. The van der Waals surface area contributed by atoms with Crippen molar-refractivity contribution in [1.29, 1.82) is 0 Å². The third kappa shape index (κ3) is 4.24. The lowest BCUT2D eigenvalue weighted by Crippen LogP contribution is -2.23. The number of rotatable bonds is 6. The minimum absolute atomic E-state index is 0.416. The molecule has 1 aliphatic rings. The van der Waals surface area contributed by atoms with E-state index >= 15 is 0 Å². The first-order chi connectivity index (χ1) is 11.9. The van der Waals surface area contributed by atoms with Crippen LogP contribution in [0.2, 0.25) is 18.6 Å². The fourth-order valence-electron chi connectivity index (χ4n) is 3.76. The molecule has 0 saturated heterocycles. The van der Waals surface area contributed by atoms with E-state index in [1.165, 1.54) is 16.7 Å². The van der Waals surface area contributed by atoms with Crippen LogP contribution in [0.1, 0.15) is 34.6 Å². The first-order valence-corrected chi connectivity index (χ1v) is 12.3. The van der Waals surface area contributed by atoms with Gasteiger partial charge in [-0.15, -0.1) is 0 Å². The average molecular weight is 353 g/mol. The summed E-state index contributed by atoms with van der Waals surface area (Å²) in [7, 11) is -1.02. The van der Waals surface area contributed by atoms with Crippen LogP contribution in [0.5, 0.6) is 5.75 Å². The van der Waals surface area contributed by atoms with Gasteiger partial charge in [0.25, 0.3) is 0 Å². The first kappa shape index (κ1) is 19.5. The van der Waals surface area contributed by atoms with E-state index in [0.717, 1.165) is 11.5 Å². The lowest BCUT2D eigenvalue weighted by Gasteiger charge is -2.29. The fourth-order valence-corrected chi connectivity index (χ4v) is 5.85. The summed E-state index contributed by atoms with van der Waals surface area (Å²) in [5.41, 5.74) is 6.44. The molecule has 2 heteroatoms. The van der Waals surface area contributed by atoms with E-state index in [9.17, 15) is 0 Å². The summed E-state index contributed by atoms with van der Waals surface area (Å²) in [6, 6.07) is 10.2. The van der Waals surface area contributed by atoms with Gasteiger partial charge in [-0.1, -0.05) is 61.5 Å². The van der Waals surface area contributed by atoms with Gasteiger partial charge < -0.3 is 4.74 Å². The monoisotopic (exact) mass is 352 g/mol. The maximum atomic E-state index is 6.41. The van der Waals surface area contributed by atoms with Gasteiger partial charge >= 0.3 is 0 Å². The Labute approximate surface area is 155 Å².